The monoisotopic (exact) mass is 346 g/mol. The summed E-state index contributed by atoms with van der Waals surface area (Å²) in [4.78, 5) is 2.61. The van der Waals surface area contributed by atoms with E-state index >= 15 is 0 Å². The highest BCUT2D eigenvalue weighted by atomic mass is 32.2. The van der Waals surface area contributed by atoms with E-state index in [1.54, 1.807) is 18.3 Å². The number of aromatic nitrogens is 2. The van der Waals surface area contributed by atoms with Gasteiger partial charge in [0, 0.05) is 38.1 Å². The number of piperidine rings is 1. The normalized spacial score (nSPS) is 18.5. The molecule has 7 heteroatoms. The predicted molar refractivity (Wildman–Crippen MR) is 93.7 cm³/mol. The Morgan fingerprint density at radius 3 is 2.71 bits per heavy atom. The summed E-state index contributed by atoms with van der Waals surface area (Å²) in [5.41, 5.74) is 1.08. The molecular weight excluding hydrogens is 324 g/mol. The maximum atomic E-state index is 11.5. The molecule has 1 N–H and O–H groups in total. The summed E-state index contributed by atoms with van der Waals surface area (Å²) in [5, 5.41) is 11.7. The Labute approximate surface area is 142 Å². The van der Waals surface area contributed by atoms with Gasteiger partial charge in [0.1, 0.15) is 0 Å². The van der Waals surface area contributed by atoms with Gasteiger partial charge in [0.25, 0.3) is 0 Å². The SMILES string of the molecule is CS(=O)(=O)c1ccc(CN[C@@H]2CCCN(c3cccnn3)C2)cc1. The Morgan fingerprint density at radius 1 is 1.25 bits per heavy atom. The topological polar surface area (TPSA) is 75.2 Å². The van der Waals surface area contributed by atoms with E-state index in [0.29, 0.717) is 10.9 Å². The minimum atomic E-state index is -3.13. The molecule has 1 fully saturated rings. The molecule has 2 aromatic rings. The summed E-state index contributed by atoms with van der Waals surface area (Å²) < 4.78 is 23.0. The van der Waals surface area contributed by atoms with Crippen molar-refractivity contribution in [3.63, 3.8) is 0 Å². The first-order chi connectivity index (χ1) is 11.5. The van der Waals surface area contributed by atoms with Gasteiger partial charge in [-0.05, 0) is 42.7 Å². The van der Waals surface area contributed by atoms with Crippen molar-refractivity contribution in [1.82, 2.24) is 15.5 Å². The van der Waals surface area contributed by atoms with Crippen LogP contribution >= 0.6 is 0 Å². The lowest BCUT2D eigenvalue weighted by Crippen LogP contribution is -2.45. The van der Waals surface area contributed by atoms with E-state index in [1.807, 2.05) is 24.3 Å². The van der Waals surface area contributed by atoms with E-state index < -0.39 is 9.84 Å². The number of nitrogens with zero attached hydrogens (tertiary/aromatic N) is 3. The fourth-order valence-electron chi connectivity index (χ4n) is 2.93. The number of benzene rings is 1. The van der Waals surface area contributed by atoms with Crippen LogP contribution < -0.4 is 10.2 Å². The molecule has 1 atom stereocenters. The van der Waals surface area contributed by atoms with E-state index in [2.05, 4.69) is 20.4 Å². The Balaban J connectivity index is 1.56. The zero-order valence-electron chi connectivity index (χ0n) is 13.7. The van der Waals surface area contributed by atoms with Gasteiger partial charge in [-0.2, -0.15) is 5.10 Å². The van der Waals surface area contributed by atoms with Crippen LogP contribution in [0, 0.1) is 0 Å². The van der Waals surface area contributed by atoms with Gasteiger partial charge < -0.3 is 10.2 Å². The maximum absolute atomic E-state index is 11.5. The highest BCUT2D eigenvalue weighted by Crippen LogP contribution is 2.17. The van der Waals surface area contributed by atoms with Crippen molar-refractivity contribution in [2.45, 2.75) is 30.3 Å². The van der Waals surface area contributed by atoms with Crippen LogP contribution in [-0.4, -0.2) is 44.0 Å². The molecule has 6 nitrogen and oxygen atoms in total. The lowest BCUT2D eigenvalue weighted by Gasteiger charge is -2.33. The zero-order valence-corrected chi connectivity index (χ0v) is 14.5. The van der Waals surface area contributed by atoms with Gasteiger partial charge in [0.05, 0.1) is 4.90 Å². The van der Waals surface area contributed by atoms with Crippen molar-refractivity contribution in [3.05, 3.63) is 48.2 Å². The molecule has 3 rings (SSSR count). The van der Waals surface area contributed by atoms with Crippen LogP contribution in [0.15, 0.2) is 47.5 Å². The Bertz CT molecular complexity index is 763. The third kappa shape index (κ3) is 4.30. The molecule has 0 radical (unpaired) electrons. The van der Waals surface area contributed by atoms with Gasteiger partial charge in [0.2, 0.25) is 0 Å². The summed E-state index contributed by atoms with van der Waals surface area (Å²) in [6, 6.07) is 11.3. The van der Waals surface area contributed by atoms with E-state index in [4.69, 9.17) is 0 Å². The van der Waals surface area contributed by atoms with E-state index in [9.17, 15) is 8.42 Å². The van der Waals surface area contributed by atoms with Crippen LogP contribution in [0.5, 0.6) is 0 Å². The zero-order chi connectivity index (χ0) is 17.0. The highest BCUT2D eigenvalue weighted by molar-refractivity contribution is 7.90. The summed E-state index contributed by atoms with van der Waals surface area (Å²) in [6.45, 7) is 2.63. The molecule has 2 heterocycles. The number of hydrogen-bond donors (Lipinski definition) is 1. The highest BCUT2D eigenvalue weighted by Gasteiger charge is 2.20. The fourth-order valence-corrected chi connectivity index (χ4v) is 3.56. The van der Waals surface area contributed by atoms with Gasteiger partial charge in [-0.3, -0.25) is 0 Å². The molecule has 1 saturated heterocycles. The first-order valence-corrected chi connectivity index (χ1v) is 9.96. The lowest BCUT2D eigenvalue weighted by molar-refractivity contribution is 0.419. The van der Waals surface area contributed by atoms with E-state index in [-0.39, 0.29) is 0 Å². The number of nitrogens with one attached hydrogen (secondary N) is 1. The van der Waals surface area contributed by atoms with Gasteiger partial charge in [-0.1, -0.05) is 12.1 Å². The summed E-state index contributed by atoms with van der Waals surface area (Å²) in [7, 11) is -3.13. The average Bonchev–Trinajstić information content (AvgIpc) is 2.61. The van der Waals surface area contributed by atoms with Crippen LogP contribution in [0.2, 0.25) is 0 Å². The van der Waals surface area contributed by atoms with Crippen molar-refractivity contribution >= 4 is 15.7 Å². The molecule has 1 aliphatic rings. The lowest BCUT2D eigenvalue weighted by atomic mass is 10.1. The largest absolute Gasteiger partial charge is 0.354 e. The molecule has 1 aromatic heterocycles. The van der Waals surface area contributed by atoms with Crippen LogP contribution in [0.25, 0.3) is 0 Å². The second-order valence-corrected chi connectivity index (χ2v) is 8.18. The number of rotatable bonds is 5. The van der Waals surface area contributed by atoms with Crippen LogP contribution in [-0.2, 0) is 16.4 Å². The number of anilines is 1. The third-order valence-corrected chi connectivity index (χ3v) is 5.38. The predicted octanol–water partition coefficient (Wildman–Crippen LogP) is 1.64. The van der Waals surface area contributed by atoms with Crippen molar-refractivity contribution in [2.24, 2.45) is 0 Å². The van der Waals surface area contributed by atoms with Crippen molar-refractivity contribution in [1.29, 1.82) is 0 Å². The molecule has 0 unspecified atom stereocenters. The molecular formula is C17H22N4O2S. The molecule has 1 aromatic carbocycles. The van der Waals surface area contributed by atoms with Crippen LogP contribution in [0.4, 0.5) is 5.82 Å². The first-order valence-electron chi connectivity index (χ1n) is 8.07. The molecule has 0 saturated carbocycles. The van der Waals surface area contributed by atoms with Crippen LogP contribution in [0.1, 0.15) is 18.4 Å². The van der Waals surface area contributed by atoms with Gasteiger partial charge in [-0.15, -0.1) is 5.10 Å². The minimum absolute atomic E-state index is 0.359. The smallest absolute Gasteiger partial charge is 0.175 e. The van der Waals surface area contributed by atoms with Crippen molar-refractivity contribution < 1.29 is 8.42 Å². The standard InChI is InChI=1S/C17H22N4O2S/c1-24(22,23)16-8-6-14(7-9-16)12-18-15-4-3-11-21(13-15)17-5-2-10-19-20-17/h2,5-10,15,18H,3-4,11-13H2,1H3/t15-/m1/s1. The average molecular weight is 346 g/mol. The molecule has 1 aliphatic heterocycles. The summed E-state index contributed by atoms with van der Waals surface area (Å²) in [6.07, 6.45) is 5.14. The fraction of sp³-hybridized carbons (Fsp3) is 0.412. The Morgan fingerprint density at radius 2 is 2.04 bits per heavy atom. The van der Waals surface area contributed by atoms with Crippen molar-refractivity contribution in [3.8, 4) is 0 Å². The van der Waals surface area contributed by atoms with Gasteiger partial charge in [-0.25, -0.2) is 8.42 Å². The Kier molecular flexibility index (Phi) is 5.11. The third-order valence-electron chi connectivity index (χ3n) is 4.25. The summed E-state index contributed by atoms with van der Waals surface area (Å²) >= 11 is 0. The number of sulfone groups is 1. The summed E-state index contributed by atoms with van der Waals surface area (Å²) in [5.74, 6) is 0.918. The molecule has 24 heavy (non-hydrogen) atoms. The van der Waals surface area contributed by atoms with Gasteiger partial charge in [0.15, 0.2) is 15.7 Å². The molecule has 0 aliphatic carbocycles. The minimum Gasteiger partial charge on any atom is -0.354 e. The molecule has 0 spiro atoms. The molecule has 128 valence electrons. The van der Waals surface area contributed by atoms with Crippen LogP contribution in [0.3, 0.4) is 0 Å². The van der Waals surface area contributed by atoms with E-state index in [1.165, 1.54) is 6.26 Å². The number of hydrogen-bond acceptors (Lipinski definition) is 6. The first kappa shape index (κ1) is 16.9. The second-order valence-electron chi connectivity index (χ2n) is 6.16. The van der Waals surface area contributed by atoms with Gasteiger partial charge >= 0.3 is 0 Å². The maximum Gasteiger partial charge on any atom is 0.175 e. The molecule has 0 amide bonds. The van der Waals surface area contributed by atoms with E-state index in [0.717, 1.165) is 43.9 Å². The Hall–Kier alpha value is -1.99. The van der Waals surface area contributed by atoms with Crippen molar-refractivity contribution in [2.75, 3.05) is 24.2 Å². The molecule has 0 bridgehead atoms. The quantitative estimate of drug-likeness (QED) is 0.887. The second kappa shape index (κ2) is 7.27.